The lowest BCUT2D eigenvalue weighted by Crippen LogP contribution is -2.39. The van der Waals surface area contributed by atoms with Crippen molar-refractivity contribution < 1.29 is 9.84 Å². The first-order chi connectivity index (χ1) is 7.37. The van der Waals surface area contributed by atoms with E-state index in [0.717, 1.165) is 32.0 Å². The van der Waals surface area contributed by atoms with E-state index in [0.29, 0.717) is 6.61 Å². The first-order valence-corrected chi connectivity index (χ1v) is 6.56. The van der Waals surface area contributed by atoms with Crippen molar-refractivity contribution in [3.8, 4) is 0 Å². The zero-order valence-corrected chi connectivity index (χ0v) is 9.71. The van der Waals surface area contributed by atoms with Crippen molar-refractivity contribution in [2.75, 3.05) is 19.8 Å². The molecule has 0 aromatic carbocycles. The maximum Gasteiger partial charge on any atom is 0.0491 e. The molecule has 0 spiro atoms. The van der Waals surface area contributed by atoms with Crippen LogP contribution in [0.25, 0.3) is 0 Å². The highest BCUT2D eigenvalue weighted by Gasteiger charge is 2.39. The Kier molecular flexibility index (Phi) is 4.04. The van der Waals surface area contributed by atoms with Gasteiger partial charge in [-0.1, -0.05) is 25.7 Å². The monoisotopic (exact) mass is 212 g/mol. The summed E-state index contributed by atoms with van der Waals surface area (Å²) in [6, 6.07) is 0. The van der Waals surface area contributed by atoms with Gasteiger partial charge in [0.15, 0.2) is 0 Å². The van der Waals surface area contributed by atoms with Crippen LogP contribution in [0.2, 0.25) is 0 Å². The maximum atomic E-state index is 9.73. The Morgan fingerprint density at radius 3 is 2.13 bits per heavy atom. The molecular formula is C13H24O2. The molecule has 1 saturated carbocycles. The molecule has 2 nitrogen and oxygen atoms in total. The quantitative estimate of drug-likeness (QED) is 0.713. The molecule has 0 aromatic heterocycles. The number of ether oxygens (including phenoxy) is 1. The molecule has 2 fully saturated rings. The van der Waals surface area contributed by atoms with Crippen LogP contribution in [-0.2, 0) is 4.74 Å². The van der Waals surface area contributed by atoms with Crippen LogP contribution in [0, 0.1) is 11.3 Å². The van der Waals surface area contributed by atoms with Crippen LogP contribution in [0.5, 0.6) is 0 Å². The van der Waals surface area contributed by atoms with E-state index in [2.05, 4.69) is 0 Å². The van der Waals surface area contributed by atoms with Crippen molar-refractivity contribution >= 4 is 0 Å². The van der Waals surface area contributed by atoms with Gasteiger partial charge in [0, 0.05) is 25.2 Å². The van der Waals surface area contributed by atoms with Crippen LogP contribution in [0.3, 0.4) is 0 Å². The van der Waals surface area contributed by atoms with E-state index in [1.807, 2.05) is 0 Å². The van der Waals surface area contributed by atoms with Gasteiger partial charge in [0.2, 0.25) is 0 Å². The van der Waals surface area contributed by atoms with Crippen molar-refractivity contribution in [2.45, 2.75) is 51.4 Å². The summed E-state index contributed by atoms with van der Waals surface area (Å²) in [5.41, 5.74) is 0.211. The molecule has 1 heterocycles. The van der Waals surface area contributed by atoms with Gasteiger partial charge in [0.25, 0.3) is 0 Å². The second-order valence-corrected chi connectivity index (χ2v) is 5.32. The van der Waals surface area contributed by atoms with Gasteiger partial charge in [-0.2, -0.15) is 0 Å². The zero-order chi connectivity index (χ0) is 10.6. The lowest BCUT2D eigenvalue weighted by molar-refractivity contribution is -0.0542. The van der Waals surface area contributed by atoms with E-state index in [-0.39, 0.29) is 5.41 Å². The summed E-state index contributed by atoms with van der Waals surface area (Å²) in [6.45, 7) is 2.09. The Labute approximate surface area is 93.0 Å². The molecule has 1 aliphatic heterocycles. The summed E-state index contributed by atoms with van der Waals surface area (Å²) in [7, 11) is 0. The van der Waals surface area contributed by atoms with Crippen molar-refractivity contribution in [1.29, 1.82) is 0 Å². The summed E-state index contributed by atoms with van der Waals surface area (Å²) >= 11 is 0. The minimum Gasteiger partial charge on any atom is -0.396 e. The van der Waals surface area contributed by atoms with Crippen molar-refractivity contribution in [1.82, 2.24) is 0 Å². The molecule has 2 heteroatoms. The highest BCUT2D eigenvalue weighted by atomic mass is 16.5. The number of hydrogen-bond acceptors (Lipinski definition) is 2. The van der Waals surface area contributed by atoms with E-state index in [9.17, 15) is 5.11 Å². The van der Waals surface area contributed by atoms with E-state index >= 15 is 0 Å². The van der Waals surface area contributed by atoms with Gasteiger partial charge in [0.05, 0.1) is 0 Å². The van der Waals surface area contributed by atoms with Crippen LogP contribution in [0.1, 0.15) is 51.4 Å². The molecule has 0 bridgehead atoms. The van der Waals surface area contributed by atoms with Crippen molar-refractivity contribution in [3.05, 3.63) is 0 Å². The van der Waals surface area contributed by atoms with E-state index in [4.69, 9.17) is 4.74 Å². The van der Waals surface area contributed by atoms with Crippen LogP contribution in [-0.4, -0.2) is 24.9 Å². The standard InChI is InChI=1S/C13H24O2/c14-11-13(7-9-15-10-8-13)12-5-3-1-2-4-6-12/h12,14H,1-11H2. The normalized spacial score (nSPS) is 28.6. The predicted octanol–water partition coefficient (Wildman–Crippen LogP) is 2.75. The fourth-order valence-corrected chi connectivity index (χ4v) is 3.37. The number of rotatable bonds is 2. The molecule has 15 heavy (non-hydrogen) atoms. The smallest absolute Gasteiger partial charge is 0.0491 e. The Bertz CT molecular complexity index is 177. The molecule has 0 radical (unpaired) electrons. The Morgan fingerprint density at radius 1 is 1.00 bits per heavy atom. The largest absolute Gasteiger partial charge is 0.396 e. The van der Waals surface area contributed by atoms with Gasteiger partial charge in [-0.25, -0.2) is 0 Å². The lowest BCUT2D eigenvalue weighted by Gasteiger charge is -2.42. The lowest BCUT2D eigenvalue weighted by atomic mass is 9.67. The molecule has 1 aliphatic carbocycles. The first kappa shape index (κ1) is 11.4. The van der Waals surface area contributed by atoms with Gasteiger partial charge in [-0.05, 0) is 31.6 Å². The number of hydrogen-bond donors (Lipinski definition) is 1. The molecule has 0 aromatic rings. The van der Waals surface area contributed by atoms with Crippen LogP contribution < -0.4 is 0 Å². The summed E-state index contributed by atoms with van der Waals surface area (Å²) in [4.78, 5) is 0. The molecule has 88 valence electrons. The zero-order valence-electron chi connectivity index (χ0n) is 9.71. The van der Waals surface area contributed by atoms with Crippen LogP contribution >= 0.6 is 0 Å². The van der Waals surface area contributed by atoms with Gasteiger partial charge in [0.1, 0.15) is 0 Å². The second-order valence-electron chi connectivity index (χ2n) is 5.32. The predicted molar refractivity (Wildman–Crippen MR) is 60.8 cm³/mol. The van der Waals surface area contributed by atoms with Gasteiger partial charge < -0.3 is 9.84 Å². The van der Waals surface area contributed by atoms with Gasteiger partial charge in [-0.3, -0.25) is 0 Å². The average molecular weight is 212 g/mol. The van der Waals surface area contributed by atoms with E-state index in [1.165, 1.54) is 38.5 Å². The third-order valence-corrected chi connectivity index (χ3v) is 4.52. The fourth-order valence-electron chi connectivity index (χ4n) is 3.37. The SMILES string of the molecule is OCC1(C2CCCCCC2)CCOCC1. The van der Waals surface area contributed by atoms with E-state index in [1.54, 1.807) is 0 Å². The Balaban J connectivity index is 2.01. The van der Waals surface area contributed by atoms with Gasteiger partial charge >= 0.3 is 0 Å². The molecule has 1 saturated heterocycles. The Morgan fingerprint density at radius 2 is 1.60 bits per heavy atom. The van der Waals surface area contributed by atoms with E-state index < -0.39 is 0 Å². The third kappa shape index (κ3) is 2.54. The second kappa shape index (κ2) is 5.31. The minimum absolute atomic E-state index is 0.211. The van der Waals surface area contributed by atoms with Crippen LogP contribution in [0.4, 0.5) is 0 Å². The molecule has 2 aliphatic rings. The maximum absolute atomic E-state index is 9.73. The van der Waals surface area contributed by atoms with Crippen molar-refractivity contribution in [3.63, 3.8) is 0 Å². The molecule has 0 atom stereocenters. The summed E-state index contributed by atoms with van der Waals surface area (Å²) in [5, 5.41) is 9.73. The summed E-state index contributed by atoms with van der Waals surface area (Å²) in [6.07, 6.45) is 10.4. The molecule has 0 amide bonds. The molecule has 1 N–H and O–H groups in total. The summed E-state index contributed by atoms with van der Waals surface area (Å²) in [5.74, 6) is 0.758. The van der Waals surface area contributed by atoms with Crippen molar-refractivity contribution in [2.24, 2.45) is 11.3 Å². The number of aliphatic hydroxyl groups excluding tert-OH is 1. The Hall–Kier alpha value is -0.0800. The highest BCUT2D eigenvalue weighted by Crippen LogP contribution is 2.44. The molecular weight excluding hydrogens is 188 g/mol. The highest BCUT2D eigenvalue weighted by molar-refractivity contribution is 4.88. The average Bonchev–Trinajstić information content (AvgIpc) is 2.59. The third-order valence-electron chi connectivity index (χ3n) is 4.52. The molecule has 2 rings (SSSR count). The number of aliphatic hydroxyl groups is 1. The molecule has 0 unspecified atom stereocenters. The summed E-state index contributed by atoms with van der Waals surface area (Å²) < 4.78 is 5.44. The first-order valence-electron chi connectivity index (χ1n) is 6.56. The topological polar surface area (TPSA) is 29.5 Å². The fraction of sp³-hybridized carbons (Fsp3) is 1.00. The van der Waals surface area contributed by atoms with Gasteiger partial charge in [-0.15, -0.1) is 0 Å². The van der Waals surface area contributed by atoms with Crippen LogP contribution in [0.15, 0.2) is 0 Å². The minimum atomic E-state index is 0.211.